The van der Waals surface area contributed by atoms with Crippen LogP contribution in [-0.4, -0.2) is 87.5 Å². The Balaban J connectivity index is 0.000000205. The van der Waals surface area contributed by atoms with E-state index in [9.17, 15) is 49.1 Å². The summed E-state index contributed by atoms with van der Waals surface area (Å²) in [6, 6.07) is 38.9. The fourth-order valence-corrected chi connectivity index (χ4v) is 9.72. The summed E-state index contributed by atoms with van der Waals surface area (Å²) in [6.07, 6.45) is -6.30. The number of aromatic nitrogens is 4. The molecule has 2 aromatic heterocycles. The molecule has 1 fully saturated rings. The SMILES string of the molecule is CC1(C)OB(c2ccccc2Cc2ccc(C(F)(F)F)cc2)OC1(C)C.CCOC(=O)CN=CC(Br)=C(C)N.CCOC(=O)Cn1cc(-c2ccccc2Cc2ccc(C(F)(F)F)cc2)c(C)n1.Cc1nn(CCO)cc1-c1ccccc1Cc1ccc(C(F)(F)F)cc1. The van der Waals surface area contributed by atoms with Crippen molar-refractivity contribution in [1.29, 1.82) is 0 Å². The van der Waals surface area contributed by atoms with Gasteiger partial charge in [0.15, 0.2) is 0 Å². The van der Waals surface area contributed by atoms with Crippen LogP contribution in [0.25, 0.3) is 22.3 Å². The van der Waals surface area contributed by atoms with Gasteiger partial charge in [0.25, 0.3) is 0 Å². The minimum atomic E-state index is -4.35. The highest BCUT2D eigenvalue weighted by Gasteiger charge is 2.52. The van der Waals surface area contributed by atoms with Crippen molar-refractivity contribution < 1.29 is 73.0 Å². The first-order valence-electron chi connectivity index (χ1n) is 29.9. The fourth-order valence-electron chi connectivity index (χ4n) is 9.57. The van der Waals surface area contributed by atoms with Crippen LogP contribution in [0.4, 0.5) is 39.5 Å². The largest absolute Gasteiger partial charge is 0.495 e. The average molecular weight is 1370 g/mol. The van der Waals surface area contributed by atoms with E-state index in [2.05, 4.69) is 35.9 Å². The Morgan fingerprint density at radius 2 is 0.957 bits per heavy atom. The second kappa shape index (κ2) is 33.2. The Morgan fingerprint density at radius 3 is 1.36 bits per heavy atom. The number of allylic oxidation sites excluding steroid dienone is 2. The molecule has 0 amide bonds. The molecule has 3 heterocycles. The number of aliphatic hydroxyl groups excluding tert-OH is 1. The van der Waals surface area contributed by atoms with Crippen molar-refractivity contribution in [2.45, 2.75) is 124 Å². The first-order chi connectivity index (χ1) is 44.2. The highest BCUT2D eigenvalue weighted by Crippen LogP contribution is 2.38. The lowest BCUT2D eigenvalue weighted by Crippen LogP contribution is -2.41. The van der Waals surface area contributed by atoms with Crippen LogP contribution in [-0.2, 0) is 79.3 Å². The van der Waals surface area contributed by atoms with Crippen LogP contribution in [0.15, 0.2) is 173 Å². The summed E-state index contributed by atoms with van der Waals surface area (Å²) < 4.78 is 140. The molecule has 24 heteroatoms. The molecule has 500 valence electrons. The molecular formula is C70H75BBrF9N6O7. The molecule has 1 aliphatic heterocycles. The second-order valence-corrected chi connectivity index (χ2v) is 23.6. The van der Waals surface area contributed by atoms with Crippen LogP contribution in [0, 0.1) is 13.8 Å². The first kappa shape index (κ1) is 74.7. The van der Waals surface area contributed by atoms with Crippen LogP contribution in [0.5, 0.6) is 0 Å². The maximum Gasteiger partial charge on any atom is 0.495 e. The number of carbonyl (C=O) groups is 2. The number of nitrogens with two attached hydrogens (primary N) is 1. The lowest BCUT2D eigenvalue weighted by molar-refractivity contribution is -0.144. The number of aliphatic imine (C=N–C) groups is 1. The van der Waals surface area contributed by atoms with Gasteiger partial charge >= 0.3 is 37.6 Å². The van der Waals surface area contributed by atoms with Gasteiger partial charge in [-0.3, -0.25) is 23.9 Å². The maximum atomic E-state index is 12.8. The zero-order chi connectivity index (χ0) is 69.2. The third kappa shape index (κ3) is 21.6. The molecule has 6 aromatic carbocycles. The molecule has 0 aliphatic carbocycles. The molecule has 8 aromatic rings. The Bertz CT molecular complexity index is 3830. The highest BCUT2D eigenvalue weighted by atomic mass is 79.9. The van der Waals surface area contributed by atoms with Gasteiger partial charge in [-0.25, -0.2) is 0 Å². The van der Waals surface area contributed by atoms with Crippen molar-refractivity contribution in [3.05, 3.63) is 230 Å². The molecule has 13 nitrogen and oxygen atoms in total. The first-order valence-corrected chi connectivity index (χ1v) is 30.7. The number of alkyl halides is 9. The van der Waals surface area contributed by atoms with Crippen LogP contribution in [0.3, 0.4) is 0 Å². The molecule has 94 heavy (non-hydrogen) atoms. The van der Waals surface area contributed by atoms with Crippen molar-refractivity contribution in [2.24, 2.45) is 10.7 Å². The van der Waals surface area contributed by atoms with Gasteiger partial charge in [-0.05, 0) is 184 Å². The Kier molecular flexibility index (Phi) is 26.4. The summed E-state index contributed by atoms with van der Waals surface area (Å²) >= 11 is 3.18. The number of aliphatic hydroxyl groups is 1. The standard InChI is InChI=1S/C22H21F3N2O2.C20H22BF3O2.C20H19F3N2O.C8H13BrN2O2/c1-3-29-21(28)14-27-13-20(15(2)26-27)19-7-5-4-6-17(19)12-16-8-10-18(11-9-16)22(23,24)25;1-18(2)19(3,4)26-21(25-18)17-8-6-5-7-15(17)13-14-9-11-16(12-10-14)20(22,23)24;1-14-19(13-25(24-14)10-11-26)18-5-3-2-4-16(18)12-15-6-8-17(9-7-15)20(21,22)23;1-3-13-8(12)5-11-4-7(9)6(2)10/h4-11,13H,3,12,14H2,1-2H3;5-12H,13H2,1-4H3;2-9,13,26H,10-12H2,1H3;4H,3,5,10H2,1-2H3. The summed E-state index contributed by atoms with van der Waals surface area (Å²) in [7, 11) is -0.495. The number of nitrogens with zero attached hydrogens (tertiary/aromatic N) is 5. The number of carbonyl (C=O) groups excluding carboxylic acids is 2. The number of esters is 2. The van der Waals surface area contributed by atoms with E-state index in [4.69, 9.17) is 24.9 Å². The lowest BCUT2D eigenvalue weighted by Gasteiger charge is -2.32. The second-order valence-electron chi connectivity index (χ2n) is 22.8. The van der Waals surface area contributed by atoms with E-state index in [1.54, 1.807) is 31.6 Å². The molecule has 0 radical (unpaired) electrons. The predicted octanol–water partition coefficient (Wildman–Crippen LogP) is 15.3. The number of hydrogen-bond acceptors (Lipinski definition) is 11. The summed E-state index contributed by atoms with van der Waals surface area (Å²) in [4.78, 5) is 26.3. The van der Waals surface area contributed by atoms with E-state index in [1.165, 1.54) is 47.3 Å². The van der Waals surface area contributed by atoms with E-state index in [1.807, 2.05) is 121 Å². The van der Waals surface area contributed by atoms with Gasteiger partial charge in [0, 0.05) is 35.4 Å². The van der Waals surface area contributed by atoms with Gasteiger partial charge in [0.2, 0.25) is 0 Å². The van der Waals surface area contributed by atoms with Crippen molar-refractivity contribution in [2.75, 3.05) is 26.4 Å². The van der Waals surface area contributed by atoms with Crippen molar-refractivity contribution in [3.63, 3.8) is 0 Å². The maximum absolute atomic E-state index is 12.8. The smallest absolute Gasteiger partial charge is 0.465 e. The summed E-state index contributed by atoms with van der Waals surface area (Å²) in [5, 5.41) is 17.9. The lowest BCUT2D eigenvalue weighted by atomic mass is 9.75. The number of aryl methyl sites for hydroxylation is 2. The van der Waals surface area contributed by atoms with E-state index in [0.29, 0.717) is 49.2 Å². The van der Waals surface area contributed by atoms with Crippen LogP contribution < -0.4 is 11.2 Å². The predicted molar refractivity (Wildman–Crippen MR) is 349 cm³/mol. The van der Waals surface area contributed by atoms with Gasteiger partial charge in [0.05, 0.1) is 70.1 Å². The Hall–Kier alpha value is -8.32. The molecule has 9 rings (SSSR count). The topological polar surface area (TPSA) is 165 Å². The van der Waals surface area contributed by atoms with Gasteiger partial charge in [-0.2, -0.15) is 49.7 Å². The van der Waals surface area contributed by atoms with Gasteiger partial charge < -0.3 is 29.6 Å². The minimum Gasteiger partial charge on any atom is -0.465 e. The molecular weight excluding hydrogens is 1300 g/mol. The zero-order valence-corrected chi connectivity index (χ0v) is 55.1. The number of rotatable bonds is 18. The fraction of sp³-hybridized carbons (Fsp3) is 0.329. The summed E-state index contributed by atoms with van der Waals surface area (Å²) in [5.74, 6) is -0.701. The minimum absolute atomic E-state index is 0.00770. The van der Waals surface area contributed by atoms with Crippen LogP contribution in [0.2, 0.25) is 0 Å². The van der Waals surface area contributed by atoms with Crippen molar-refractivity contribution in [1.82, 2.24) is 19.6 Å². The monoisotopic (exact) mass is 1370 g/mol. The van der Waals surface area contributed by atoms with Gasteiger partial charge in [-0.1, -0.05) is 109 Å². The number of benzene rings is 6. The number of halogens is 10. The quantitative estimate of drug-likeness (QED) is 0.0365. The molecule has 0 spiro atoms. The third-order valence-electron chi connectivity index (χ3n) is 15.1. The van der Waals surface area contributed by atoms with Crippen molar-refractivity contribution >= 4 is 46.7 Å². The van der Waals surface area contributed by atoms with E-state index in [0.717, 1.165) is 109 Å². The van der Waals surface area contributed by atoms with E-state index in [-0.39, 0.29) is 31.6 Å². The molecule has 0 saturated carbocycles. The van der Waals surface area contributed by atoms with E-state index >= 15 is 0 Å². The molecule has 0 unspecified atom stereocenters. The third-order valence-corrected chi connectivity index (χ3v) is 16.0. The Morgan fingerprint density at radius 1 is 0.585 bits per heavy atom. The Labute approximate surface area is 550 Å². The number of hydrogen-bond donors (Lipinski definition) is 2. The number of ether oxygens (including phenoxy) is 2. The highest BCUT2D eigenvalue weighted by molar-refractivity contribution is 9.12. The van der Waals surface area contributed by atoms with Gasteiger partial charge in [0.1, 0.15) is 13.1 Å². The zero-order valence-electron chi connectivity index (χ0n) is 53.5. The molecule has 0 bridgehead atoms. The van der Waals surface area contributed by atoms with Crippen LogP contribution in [0.1, 0.15) is 110 Å². The van der Waals surface area contributed by atoms with Crippen molar-refractivity contribution in [3.8, 4) is 22.3 Å². The van der Waals surface area contributed by atoms with Gasteiger partial charge in [-0.15, -0.1) is 0 Å². The molecule has 3 N–H and O–H groups in total. The average Bonchev–Trinajstić information content (AvgIpc) is 1.62. The molecule has 1 saturated heterocycles. The summed E-state index contributed by atoms with van der Waals surface area (Å²) in [6.45, 7) is 18.1. The molecule has 0 atom stereocenters. The summed E-state index contributed by atoms with van der Waals surface area (Å²) in [5.41, 5.74) is 14.8. The van der Waals surface area contributed by atoms with Crippen LogP contribution >= 0.6 is 15.9 Å². The van der Waals surface area contributed by atoms with E-state index < -0.39 is 53.5 Å². The normalized spacial score (nSPS) is 13.8. The molecule has 1 aliphatic rings.